The number of ether oxygens (including phenoxy) is 1. The molecule has 0 spiro atoms. The van der Waals surface area contributed by atoms with Crippen molar-refractivity contribution in [2.45, 2.75) is 18.1 Å². The quantitative estimate of drug-likeness (QED) is 0.537. The number of allylic oxidation sites excluding steroid dienone is 5. The van der Waals surface area contributed by atoms with Gasteiger partial charge in [0.1, 0.15) is 0 Å². The largest absolute Gasteiger partial charge is 0.457 e. The van der Waals surface area contributed by atoms with Gasteiger partial charge in [0.05, 0.1) is 16.4 Å². The molecule has 5 heteroatoms. The second-order valence-corrected chi connectivity index (χ2v) is 5.39. The Balaban J connectivity index is 1.98. The van der Waals surface area contributed by atoms with Gasteiger partial charge in [-0.15, -0.1) is 11.8 Å². The Morgan fingerprint density at radius 3 is 3.17 bits per heavy atom. The molecule has 1 unspecified atom stereocenters. The first kappa shape index (κ1) is 11.3. The van der Waals surface area contributed by atoms with Crippen LogP contribution in [0, 0.1) is 10.1 Å². The van der Waals surface area contributed by atoms with Crippen LogP contribution >= 0.6 is 11.8 Å². The number of nitrogens with zero attached hydrogens (tertiary/aromatic N) is 1. The number of thioether (sulfide) groups is 1. The van der Waals surface area contributed by atoms with Gasteiger partial charge in [-0.1, -0.05) is 24.3 Å². The summed E-state index contributed by atoms with van der Waals surface area (Å²) in [6.45, 7) is 0. The van der Waals surface area contributed by atoms with Crippen LogP contribution in [-0.4, -0.2) is 10.2 Å². The molecule has 1 aliphatic heterocycles. The highest BCUT2D eigenvalue weighted by Crippen LogP contribution is 2.42. The van der Waals surface area contributed by atoms with Crippen LogP contribution < -0.4 is 0 Å². The van der Waals surface area contributed by atoms with Crippen molar-refractivity contribution in [1.29, 1.82) is 0 Å². The van der Waals surface area contributed by atoms with E-state index in [0.29, 0.717) is 12.2 Å². The molecular formula is C13H11NO3S. The van der Waals surface area contributed by atoms with E-state index in [-0.39, 0.29) is 15.9 Å². The summed E-state index contributed by atoms with van der Waals surface area (Å²) >= 11 is 1.64. The Labute approximate surface area is 109 Å². The zero-order valence-electron chi connectivity index (χ0n) is 9.54. The number of hydrogen-bond acceptors (Lipinski definition) is 4. The van der Waals surface area contributed by atoms with Crippen molar-refractivity contribution < 1.29 is 9.66 Å². The Bertz CT molecular complexity index is 555. The SMILES string of the molecule is O=[N+]([O-])C1=CCCC2=C1OC=C1C=CC=CC1S2. The monoisotopic (exact) mass is 261 g/mol. The molecule has 2 aliphatic carbocycles. The summed E-state index contributed by atoms with van der Waals surface area (Å²) < 4.78 is 5.55. The van der Waals surface area contributed by atoms with E-state index in [0.717, 1.165) is 16.9 Å². The summed E-state index contributed by atoms with van der Waals surface area (Å²) in [4.78, 5) is 11.6. The predicted octanol–water partition coefficient (Wildman–Crippen LogP) is 3.29. The summed E-state index contributed by atoms with van der Waals surface area (Å²) in [6, 6.07) is 0. The third-order valence-electron chi connectivity index (χ3n) is 2.99. The van der Waals surface area contributed by atoms with Crippen molar-refractivity contribution in [2.24, 2.45) is 0 Å². The molecule has 92 valence electrons. The molecule has 0 saturated heterocycles. The Morgan fingerprint density at radius 2 is 2.33 bits per heavy atom. The van der Waals surface area contributed by atoms with Gasteiger partial charge in [-0.2, -0.15) is 0 Å². The van der Waals surface area contributed by atoms with Crippen LogP contribution in [0.2, 0.25) is 0 Å². The first-order valence-electron chi connectivity index (χ1n) is 5.72. The summed E-state index contributed by atoms with van der Waals surface area (Å²) in [6.07, 6.45) is 12.8. The van der Waals surface area contributed by atoms with E-state index in [1.54, 1.807) is 24.1 Å². The highest BCUT2D eigenvalue weighted by atomic mass is 32.2. The van der Waals surface area contributed by atoms with Gasteiger partial charge in [0.2, 0.25) is 5.76 Å². The zero-order valence-corrected chi connectivity index (χ0v) is 10.4. The molecule has 0 aromatic carbocycles. The lowest BCUT2D eigenvalue weighted by Gasteiger charge is -2.16. The van der Waals surface area contributed by atoms with Gasteiger partial charge in [-0.3, -0.25) is 10.1 Å². The van der Waals surface area contributed by atoms with Gasteiger partial charge in [-0.25, -0.2) is 0 Å². The topological polar surface area (TPSA) is 52.4 Å². The Morgan fingerprint density at radius 1 is 1.44 bits per heavy atom. The average molecular weight is 261 g/mol. The first-order valence-corrected chi connectivity index (χ1v) is 6.60. The molecule has 0 saturated carbocycles. The summed E-state index contributed by atoms with van der Waals surface area (Å²) in [5, 5.41) is 11.2. The highest BCUT2D eigenvalue weighted by Gasteiger charge is 2.31. The first-order chi connectivity index (χ1) is 8.75. The summed E-state index contributed by atoms with van der Waals surface area (Å²) in [5.41, 5.74) is 1.13. The molecule has 0 aromatic heterocycles. The number of rotatable bonds is 1. The van der Waals surface area contributed by atoms with Gasteiger partial charge in [-0.05, 0) is 18.9 Å². The van der Waals surface area contributed by atoms with Crippen LogP contribution in [0.3, 0.4) is 0 Å². The van der Waals surface area contributed by atoms with E-state index in [1.165, 1.54) is 0 Å². The summed E-state index contributed by atoms with van der Waals surface area (Å²) in [7, 11) is 0. The van der Waals surface area contributed by atoms with Crippen molar-refractivity contribution in [2.75, 3.05) is 0 Å². The van der Waals surface area contributed by atoms with Crippen molar-refractivity contribution in [3.8, 4) is 0 Å². The molecule has 0 fully saturated rings. The number of nitro groups is 1. The minimum atomic E-state index is -0.367. The molecule has 3 aliphatic rings. The standard InChI is InChI=1S/C13H11NO3S/c15-14(16)10-5-3-7-12-13(10)17-8-9-4-1-2-6-11(9)18-12/h1-2,4-6,8,11H,3,7H2. The molecule has 0 N–H and O–H groups in total. The maximum absolute atomic E-state index is 11.0. The van der Waals surface area contributed by atoms with Crippen molar-refractivity contribution >= 4 is 11.8 Å². The highest BCUT2D eigenvalue weighted by molar-refractivity contribution is 8.04. The molecule has 0 radical (unpaired) electrons. The second kappa shape index (κ2) is 4.49. The van der Waals surface area contributed by atoms with Crippen molar-refractivity contribution in [1.82, 2.24) is 0 Å². The minimum Gasteiger partial charge on any atom is -0.457 e. The molecule has 0 amide bonds. The Hall–Kier alpha value is -1.75. The van der Waals surface area contributed by atoms with E-state index in [4.69, 9.17) is 4.74 Å². The van der Waals surface area contributed by atoms with E-state index >= 15 is 0 Å². The van der Waals surface area contributed by atoms with E-state index in [2.05, 4.69) is 6.08 Å². The molecule has 0 bridgehead atoms. The van der Waals surface area contributed by atoms with E-state index < -0.39 is 0 Å². The van der Waals surface area contributed by atoms with Gasteiger partial charge in [0.15, 0.2) is 0 Å². The fraction of sp³-hybridized carbons (Fsp3) is 0.231. The zero-order chi connectivity index (χ0) is 12.5. The third-order valence-corrected chi connectivity index (χ3v) is 4.35. The maximum Gasteiger partial charge on any atom is 0.308 e. The average Bonchev–Trinajstić information content (AvgIpc) is 2.56. The van der Waals surface area contributed by atoms with Gasteiger partial charge in [0, 0.05) is 10.5 Å². The fourth-order valence-electron chi connectivity index (χ4n) is 2.12. The lowest BCUT2D eigenvalue weighted by Crippen LogP contribution is -2.09. The van der Waals surface area contributed by atoms with Crippen LogP contribution in [0.25, 0.3) is 0 Å². The van der Waals surface area contributed by atoms with Crippen LogP contribution in [-0.2, 0) is 4.74 Å². The molecule has 18 heavy (non-hydrogen) atoms. The number of hydrogen-bond donors (Lipinski definition) is 0. The molecule has 1 atom stereocenters. The van der Waals surface area contributed by atoms with Crippen LogP contribution in [0.15, 0.2) is 58.6 Å². The maximum atomic E-state index is 11.0. The smallest absolute Gasteiger partial charge is 0.308 e. The molecule has 0 aromatic rings. The second-order valence-electron chi connectivity index (χ2n) is 4.16. The molecule has 1 heterocycles. The molecule has 3 rings (SSSR count). The van der Waals surface area contributed by atoms with Crippen LogP contribution in [0.1, 0.15) is 12.8 Å². The van der Waals surface area contributed by atoms with Gasteiger partial charge < -0.3 is 4.74 Å². The minimum absolute atomic E-state index is 0.0900. The van der Waals surface area contributed by atoms with Gasteiger partial charge in [0.25, 0.3) is 0 Å². The number of fused-ring (bicyclic) bond motifs is 1. The van der Waals surface area contributed by atoms with Crippen molar-refractivity contribution in [3.63, 3.8) is 0 Å². The van der Waals surface area contributed by atoms with Gasteiger partial charge >= 0.3 is 5.70 Å². The van der Waals surface area contributed by atoms with E-state index in [1.807, 2.05) is 18.2 Å². The van der Waals surface area contributed by atoms with Crippen LogP contribution in [0.4, 0.5) is 0 Å². The lowest BCUT2D eigenvalue weighted by molar-refractivity contribution is -0.424. The molecule has 4 nitrogen and oxygen atoms in total. The lowest BCUT2D eigenvalue weighted by atomic mass is 10.1. The predicted molar refractivity (Wildman–Crippen MR) is 70.2 cm³/mol. The van der Waals surface area contributed by atoms with Crippen molar-refractivity contribution in [3.05, 3.63) is 68.7 Å². The molecular weight excluding hydrogens is 250 g/mol. The Kier molecular flexibility index (Phi) is 2.83. The third kappa shape index (κ3) is 1.90. The normalized spacial score (nSPS) is 25.4. The fourth-order valence-corrected chi connectivity index (χ4v) is 3.36. The van der Waals surface area contributed by atoms with E-state index in [9.17, 15) is 10.1 Å². The van der Waals surface area contributed by atoms with Crippen LogP contribution in [0.5, 0.6) is 0 Å². The summed E-state index contributed by atoms with van der Waals surface area (Å²) in [5.74, 6) is 0.417.